The molecular formula is C38H34FN2+. The summed E-state index contributed by atoms with van der Waals surface area (Å²) in [4.78, 5) is 0. The Morgan fingerprint density at radius 2 is 1.51 bits per heavy atom. The molecule has 0 saturated carbocycles. The largest absolute Gasteiger partial charge is 0.215 e. The summed E-state index contributed by atoms with van der Waals surface area (Å²) in [6.45, 7) is -0.586. The standard InChI is InChI=1S/C38H34FN2/c1-23(2)31-22-41(6)33(20-32(31)39)34-24(3)15-17-29-30-18-16-28(21-40)35(37(30)38(4,5)36(29)34)27-14-10-13-26(19-27)25-11-8-7-9-12-25/h7-20,22-23H,1-6H3/q+1/i1D3,2D3,23D. The molecule has 1 aliphatic rings. The second-order valence-electron chi connectivity index (χ2n) is 11.2. The van der Waals surface area contributed by atoms with Gasteiger partial charge in [0.15, 0.2) is 6.20 Å². The Morgan fingerprint density at radius 3 is 2.22 bits per heavy atom. The summed E-state index contributed by atoms with van der Waals surface area (Å²) in [6, 6.07) is 29.4. The summed E-state index contributed by atoms with van der Waals surface area (Å²) < 4.78 is 73.6. The van der Waals surface area contributed by atoms with E-state index in [-0.39, 0.29) is 0 Å². The number of nitriles is 1. The molecule has 0 unspecified atom stereocenters. The van der Waals surface area contributed by atoms with E-state index < -0.39 is 36.4 Å². The number of halogens is 1. The van der Waals surface area contributed by atoms with E-state index in [1.807, 2.05) is 79.7 Å². The summed E-state index contributed by atoms with van der Waals surface area (Å²) in [5.41, 5.74) is 8.58. The first kappa shape index (κ1) is 19.5. The Hall–Kier alpha value is -4.55. The predicted octanol–water partition coefficient (Wildman–Crippen LogP) is 9.26. The van der Waals surface area contributed by atoms with Gasteiger partial charge in [0.1, 0.15) is 12.9 Å². The molecule has 0 N–H and O–H groups in total. The second-order valence-corrected chi connectivity index (χ2v) is 11.2. The van der Waals surface area contributed by atoms with Gasteiger partial charge in [0.25, 0.3) is 0 Å². The molecule has 0 spiro atoms. The van der Waals surface area contributed by atoms with Crippen molar-refractivity contribution in [1.29, 1.82) is 5.26 Å². The van der Waals surface area contributed by atoms with E-state index in [0.717, 1.165) is 62.3 Å². The van der Waals surface area contributed by atoms with E-state index in [1.54, 1.807) is 7.05 Å². The van der Waals surface area contributed by atoms with Gasteiger partial charge in [-0.1, -0.05) is 94.3 Å². The van der Waals surface area contributed by atoms with Crippen LogP contribution in [0.25, 0.3) is 44.6 Å². The molecular weight excluding hydrogens is 503 g/mol. The lowest BCUT2D eigenvalue weighted by molar-refractivity contribution is -0.661. The molecule has 3 heteroatoms. The van der Waals surface area contributed by atoms with Gasteiger partial charge in [-0.2, -0.15) is 5.26 Å². The van der Waals surface area contributed by atoms with Crippen LogP contribution in [0.4, 0.5) is 4.39 Å². The molecule has 0 radical (unpaired) electrons. The van der Waals surface area contributed by atoms with Gasteiger partial charge >= 0.3 is 0 Å². The highest BCUT2D eigenvalue weighted by molar-refractivity contribution is 5.95. The first-order valence-corrected chi connectivity index (χ1v) is 13.5. The molecule has 1 aromatic heterocycles. The van der Waals surface area contributed by atoms with E-state index in [2.05, 4.69) is 26.0 Å². The van der Waals surface area contributed by atoms with Crippen LogP contribution >= 0.6 is 0 Å². The number of fused-ring (bicyclic) bond motifs is 3. The van der Waals surface area contributed by atoms with Crippen LogP contribution in [0, 0.1) is 24.1 Å². The molecule has 0 aliphatic heterocycles. The van der Waals surface area contributed by atoms with Crippen molar-refractivity contribution in [2.75, 3.05) is 0 Å². The van der Waals surface area contributed by atoms with Crippen LogP contribution in [-0.4, -0.2) is 0 Å². The van der Waals surface area contributed by atoms with Crippen LogP contribution in [-0.2, 0) is 12.5 Å². The molecule has 6 rings (SSSR count). The molecule has 4 aromatic carbocycles. The van der Waals surface area contributed by atoms with Gasteiger partial charge in [-0.25, -0.2) is 8.96 Å². The first-order valence-electron chi connectivity index (χ1n) is 17.0. The van der Waals surface area contributed by atoms with Gasteiger partial charge in [-0.3, -0.25) is 0 Å². The average molecular weight is 545 g/mol. The zero-order valence-electron chi connectivity index (χ0n) is 30.4. The monoisotopic (exact) mass is 544 g/mol. The SMILES string of the molecule is [2H]C([2H])([2H])C([2H])(c1c[n+](C)c(-c2c(C)ccc3c2C(C)(C)c2c-3ccc(C#N)c2-c2cccc(-c3ccccc3)c2)cc1F)C([2H])([2H])[2H]. The van der Waals surface area contributed by atoms with Gasteiger partial charge in [0, 0.05) is 26.6 Å². The zero-order valence-corrected chi connectivity index (χ0v) is 23.4. The maximum Gasteiger partial charge on any atom is 0.215 e. The van der Waals surface area contributed by atoms with Crippen molar-refractivity contribution in [3.05, 3.63) is 125 Å². The van der Waals surface area contributed by atoms with Crippen LogP contribution in [0.15, 0.2) is 91.1 Å². The van der Waals surface area contributed by atoms with Gasteiger partial charge < -0.3 is 0 Å². The van der Waals surface area contributed by atoms with Crippen LogP contribution in [0.1, 0.15) is 70.9 Å². The molecule has 202 valence electrons. The van der Waals surface area contributed by atoms with Crippen LogP contribution in [0.2, 0.25) is 0 Å². The predicted molar refractivity (Wildman–Crippen MR) is 165 cm³/mol. The number of benzene rings is 4. The highest BCUT2D eigenvalue weighted by Crippen LogP contribution is 2.56. The van der Waals surface area contributed by atoms with E-state index in [0.29, 0.717) is 16.8 Å². The summed E-state index contributed by atoms with van der Waals surface area (Å²) in [5.74, 6) is -4.26. The number of aromatic nitrogens is 1. The van der Waals surface area contributed by atoms with Crippen LogP contribution < -0.4 is 4.57 Å². The summed E-state index contributed by atoms with van der Waals surface area (Å²) in [6.07, 6.45) is 1.12. The first-order chi connectivity index (χ1) is 22.4. The van der Waals surface area contributed by atoms with Gasteiger partial charge in [0.2, 0.25) is 5.69 Å². The third-order valence-electron chi connectivity index (χ3n) is 8.29. The number of hydrogen-bond donors (Lipinski definition) is 0. The Labute approximate surface area is 252 Å². The van der Waals surface area contributed by atoms with Crippen molar-refractivity contribution >= 4 is 0 Å². The highest BCUT2D eigenvalue weighted by atomic mass is 19.1. The van der Waals surface area contributed by atoms with Crippen molar-refractivity contribution < 1.29 is 18.6 Å². The van der Waals surface area contributed by atoms with E-state index >= 15 is 4.39 Å². The second kappa shape index (κ2) is 9.82. The molecule has 0 saturated heterocycles. The lowest BCUT2D eigenvalue weighted by atomic mass is 9.75. The zero-order chi connectivity index (χ0) is 35.0. The van der Waals surface area contributed by atoms with Gasteiger partial charge in [0.05, 0.1) is 22.8 Å². The fraction of sp³-hybridized carbons (Fsp3) is 0.211. The maximum atomic E-state index is 16.1. The number of pyridine rings is 1. The fourth-order valence-corrected chi connectivity index (χ4v) is 6.45. The molecule has 2 nitrogen and oxygen atoms in total. The third kappa shape index (κ3) is 4.18. The number of nitrogens with zero attached hydrogens (tertiary/aromatic N) is 2. The molecule has 5 aromatic rings. The minimum absolute atomic E-state index is 0.401. The Bertz CT molecular complexity index is 2130. The Kier molecular flexibility index (Phi) is 4.67. The molecule has 0 atom stereocenters. The van der Waals surface area contributed by atoms with Crippen molar-refractivity contribution in [3.8, 4) is 50.7 Å². The Balaban J connectivity index is 1.59. The minimum Gasteiger partial charge on any atom is -0.206 e. The summed E-state index contributed by atoms with van der Waals surface area (Å²) >= 11 is 0. The van der Waals surface area contributed by atoms with Crippen LogP contribution in [0.3, 0.4) is 0 Å². The molecule has 1 heterocycles. The lowest BCUT2D eigenvalue weighted by Crippen LogP contribution is -2.33. The number of rotatable bonds is 4. The van der Waals surface area contributed by atoms with Crippen molar-refractivity contribution in [3.63, 3.8) is 0 Å². The summed E-state index contributed by atoms with van der Waals surface area (Å²) in [7, 11) is 1.60. The molecule has 0 fully saturated rings. The quantitative estimate of drug-likeness (QED) is 0.207. The highest BCUT2D eigenvalue weighted by Gasteiger charge is 2.42. The van der Waals surface area contributed by atoms with Crippen LogP contribution in [0.5, 0.6) is 0 Å². The smallest absolute Gasteiger partial charge is 0.206 e. The van der Waals surface area contributed by atoms with Crippen molar-refractivity contribution in [2.24, 2.45) is 7.05 Å². The Morgan fingerprint density at radius 1 is 0.854 bits per heavy atom. The van der Waals surface area contributed by atoms with E-state index in [9.17, 15) is 5.26 Å². The number of aryl methyl sites for hydroxylation is 2. The van der Waals surface area contributed by atoms with E-state index in [1.165, 1.54) is 4.57 Å². The lowest BCUT2D eigenvalue weighted by Gasteiger charge is -2.27. The number of hydrogen-bond acceptors (Lipinski definition) is 1. The van der Waals surface area contributed by atoms with Gasteiger partial charge in [-0.05, 0) is 69.5 Å². The fourth-order valence-electron chi connectivity index (χ4n) is 6.45. The molecule has 41 heavy (non-hydrogen) atoms. The summed E-state index contributed by atoms with van der Waals surface area (Å²) in [5, 5.41) is 10.3. The molecule has 0 bridgehead atoms. The molecule has 0 amide bonds. The van der Waals surface area contributed by atoms with Crippen molar-refractivity contribution in [2.45, 2.75) is 45.8 Å². The topological polar surface area (TPSA) is 27.7 Å². The van der Waals surface area contributed by atoms with Crippen molar-refractivity contribution in [1.82, 2.24) is 0 Å². The average Bonchev–Trinajstić information content (AvgIpc) is 3.26. The minimum atomic E-state index is -3.33. The van der Waals surface area contributed by atoms with E-state index in [4.69, 9.17) is 9.60 Å². The van der Waals surface area contributed by atoms with Gasteiger partial charge in [-0.15, -0.1) is 0 Å². The third-order valence-corrected chi connectivity index (χ3v) is 8.29. The molecule has 1 aliphatic carbocycles. The maximum absolute atomic E-state index is 16.1. The normalized spacial score (nSPS) is 16.5.